The number of aromatic nitrogens is 2. The molecule has 110 valence electrons. The topological polar surface area (TPSA) is 61.3 Å². The number of ketones is 1. The summed E-state index contributed by atoms with van der Waals surface area (Å²) in [5.41, 5.74) is -0.324. The molecule has 2 rings (SSSR count). The van der Waals surface area contributed by atoms with Crippen LogP contribution in [-0.4, -0.2) is 30.0 Å². The summed E-state index contributed by atoms with van der Waals surface area (Å²) in [6.45, 7) is 1.43. The summed E-state index contributed by atoms with van der Waals surface area (Å²) in [5, 5.41) is 0. The lowest BCUT2D eigenvalue weighted by Crippen LogP contribution is -2.11. The van der Waals surface area contributed by atoms with E-state index in [4.69, 9.17) is 9.47 Å². The molecule has 0 saturated carbocycles. The molecule has 1 aromatic heterocycles. The van der Waals surface area contributed by atoms with Gasteiger partial charge in [-0.05, 0) is 18.6 Å². The van der Waals surface area contributed by atoms with Crippen LogP contribution in [0.1, 0.15) is 21.6 Å². The first-order chi connectivity index (χ1) is 9.97. The van der Waals surface area contributed by atoms with Crippen LogP contribution in [0.25, 0.3) is 0 Å². The maximum atomic E-state index is 13.8. The van der Waals surface area contributed by atoms with Crippen molar-refractivity contribution in [1.82, 2.24) is 9.97 Å². The quantitative estimate of drug-likeness (QED) is 0.810. The molecular formula is C14H12F2N2O3. The molecule has 0 aliphatic rings. The number of carbonyl (C=O) groups excluding carboxylic acids is 1. The minimum absolute atomic E-state index is 0.0965. The maximum Gasteiger partial charge on any atom is 0.247 e. The van der Waals surface area contributed by atoms with E-state index in [9.17, 15) is 13.6 Å². The minimum atomic E-state index is -0.970. The molecule has 21 heavy (non-hydrogen) atoms. The van der Waals surface area contributed by atoms with Crippen molar-refractivity contribution in [3.8, 4) is 11.8 Å². The van der Waals surface area contributed by atoms with Gasteiger partial charge in [0.1, 0.15) is 11.6 Å². The smallest absolute Gasteiger partial charge is 0.247 e. The number of nitrogens with zero attached hydrogens (tertiary/aromatic N) is 2. The normalized spacial score (nSPS) is 10.3. The van der Waals surface area contributed by atoms with Gasteiger partial charge in [-0.2, -0.15) is 4.98 Å². The molecule has 1 aromatic carbocycles. The Bertz CT molecular complexity index is 705. The third-order valence-corrected chi connectivity index (χ3v) is 2.83. The minimum Gasteiger partial charge on any atom is -0.480 e. The van der Waals surface area contributed by atoms with E-state index in [1.165, 1.54) is 27.3 Å². The monoisotopic (exact) mass is 294 g/mol. The van der Waals surface area contributed by atoms with E-state index in [2.05, 4.69) is 9.97 Å². The van der Waals surface area contributed by atoms with Gasteiger partial charge < -0.3 is 9.47 Å². The van der Waals surface area contributed by atoms with Crippen LogP contribution < -0.4 is 9.47 Å². The molecule has 0 saturated heterocycles. The SMILES string of the molecule is COc1cnc(C(=O)c2cc(C)c(F)cc2F)c(OC)n1. The summed E-state index contributed by atoms with van der Waals surface area (Å²) in [6.07, 6.45) is 1.21. The van der Waals surface area contributed by atoms with Gasteiger partial charge in [0.15, 0.2) is 5.69 Å². The Morgan fingerprint density at radius 3 is 2.48 bits per heavy atom. The predicted molar refractivity (Wildman–Crippen MR) is 69.7 cm³/mol. The summed E-state index contributed by atoms with van der Waals surface area (Å²) in [4.78, 5) is 20.1. The second-order valence-corrected chi connectivity index (χ2v) is 4.18. The molecule has 0 radical (unpaired) electrons. The molecule has 0 fully saturated rings. The third kappa shape index (κ3) is 2.81. The van der Waals surface area contributed by atoms with E-state index in [0.717, 1.165) is 6.07 Å². The predicted octanol–water partition coefficient (Wildman–Crippen LogP) is 2.31. The lowest BCUT2D eigenvalue weighted by Gasteiger charge is -2.08. The lowest BCUT2D eigenvalue weighted by atomic mass is 10.0. The van der Waals surface area contributed by atoms with E-state index < -0.39 is 17.4 Å². The number of rotatable bonds is 4. The van der Waals surface area contributed by atoms with E-state index >= 15 is 0 Å². The van der Waals surface area contributed by atoms with Gasteiger partial charge in [0, 0.05) is 6.07 Å². The fraction of sp³-hybridized carbons (Fsp3) is 0.214. The van der Waals surface area contributed by atoms with Crippen LogP contribution in [-0.2, 0) is 0 Å². The van der Waals surface area contributed by atoms with E-state index in [-0.39, 0.29) is 28.6 Å². The number of ether oxygens (including phenoxy) is 2. The first kappa shape index (κ1) is 14.8. The van der Waals surface area contributed by atoms with Gasteiger partial charge in [-0.3, -0.25) is 4.79 Å². The van der Waals surface area contributed by atoms with Gasteiger partial charge in [0.05, 0.1) is 26.0 Å². The number of aryl methyl sites for hydroxylation is 1. The van der Waals surface area contributed by atoms with Gasteiger partial charge in [0.2, 0.25) is 17.5 Å². The Morgan fingerprint density at radius 2 is 1.86 bits per heavy atom. The van der Waals surface area contributed by atoms with Crippen LogP contribution in [0.15, 0.2) is 18.3 Å². The first-order valence-corrected chi connectivity index (χ1v) is 5.93. The van der Waals surface area contributed by atoms with Crippen molar-refractivity contribution < 1.29 is 23.0 Å². The highest BCUT2D eigenvalue weighted by Gasteiger charge is 2.22. The van der Waals surface area contributed by atoms with Crippen molar-refractivity contribution in [2.45, 2.75) is 6.92 Å². The Kier molecular flexibility index (Phi) is 4.11. The summed E-state index contributed by atoms with van der Waals surface area (Å²) in [6, 6.07) is 1.78. The highest BCUT2D eigenvalue weighted by atomic mass is 19.1. The first-order valence-electron chi connectivity index (χ1n) is 5.93. The molecule has 0 atom stereocenters. The number of halogens is 2. The lowest BCUT2D eigenvalue weighted by molar-refractivity contribution is 0.102. The Morgan fingerprint density at radius 1 is 1.14 bits per heavy atom. The van der Waals surface area contributed by atoms with Gasteiger partial charge in [-0.15, -0.1) is 0 Å². The Balaban J connectivity index is 2.52. The maximum absolute atomic E-state index is 13.8. The molecule has 0 N–H and O–H groups in total. The summed E-state index contributed by atoms with van der Waals surface area (Å²) < 4.78 is 36.8. The zero-order chi connectivity index (χ0) is 15.6. The van der Waals surface area contributed by atoms with Crippen molar-refractivity contribution in [3.05, 3.63) is 46.8 Å². The van der Waals surface area contributed by atoms with Crippen molar-refractivity contribution in [2.75, 3.05) is 14.2 Å². The Hall–Kier alpha value is -2.57. The highest BCUT2D eigenvalue weighted by molar-refractivity contribution is 6.09. The average Bonchev–Trinajstić information content (AvgIpc) is 2.49. The van der Waals surface area contributed by atoms with Crippen LogP contribution in [0.5, 0.6) is 11.8 Å². The van der Waals surface area contributed by atoms with E-state index in [1.54, 1.807) is 0 Å². The zero-order valence-electron chi connectivity index (χ0n) is 11.6. The molecule has 0 unspecified atom stereocenters. The van der Waals surface area contributed by atoms with Crippen LogP contribution >= 0.6 is 0 Å². The second kappa shape index (κ2) is 5.82. The molecule has 0 spiro atoms. The fourth-order valence-electron chi connectivity index (χ4n) is 1.71. The van der Waals surface area contributed by atoms with Crippen LogP contribution in [0.4, 0.5) is 8.78 Å². The standard InChI is InChI=1S/C14H12F2N2O3/c1-7-4-8(10(16)5-9(7)15)13(19)12-14(21-3)18-11(20-2)6-17-12/h4-6H,1-3H3. The van der Waals surface area contributed by atoms with E-state index in [0.29, 0.717) is 6.07 Å². The van der Waals surface area contributed by atoms with Crippen LogP contribution in [0.3, 0.4) is 0 Å². The van der Waals surface area contributed by atoms with Crippen molar-refractivity contribution >= 4 is 5.78 Å². The number of hydrogen-bond donors (Lipinski definition) is 0. The summed E-state index contributed by atoms with van der Waals surface area (Å²) in [7, 11) is 2.68. The van der Waals surface area contributed by atoms with Gasteiger partial charge >= 0.3 is 0 Å². The molecule has 0 aliphatic carbocycles. The number of methoxy groups -OCH3 is 2. The van der Waals surface area contributed by atoms with Gasteiger partial charge in [0.25, 0.3) is 0 Å². The fourth-order valence-corrected chi connectivity index (χ4v) is 1.71. The van der Waals surface area contributed by atoms with Crippen molar-refractivity contribution in [2.24, 2.45) is 0 Å². The van der Waals surface area contributed by atoms with Crippen LogP contribution in [0, 0.1) is 18.6 Å². The number of benzene rings is 1. The number of carbonyl (C=O) groups is 1. The van der Waals surface area contributed by atoms with Crippen LogP contribution in [0.2, 0.25) is 0 Å². The average molecular weight is 294 g/mol. The summed E-state index contributed by atoms with van der Waals surface area (Å²) >= 11 is 0. The van der Waals surface area contributed by atoms with Gasteiger partial charge in [-0.25, -0.2) is 13.8 Å². The highest BCUT2D eigenvalue weighted by Crippen LogP contribution is 2.23. The molecule has 0 aliphatic heterocycles. The molecule has 1 heterocycles. The zero-order valence-corrected chi connectivity index (χ0v) is 11.6. The third-order valence-electron chi connectivity index (χ3n) is 2.83. The van der Waals surface area contributed by atoms with E-state index in [1.807, 2.05) is 0 Å². The Labute approximate surface area is 119 Å². The molecule has 0 amide bonds. The molecular weight excluding hydrogens is 282 g/mol. The summed E-state index contributed by atoms with van der Waals surface area (Å²) in [5.74, 6) is -2.39. The van der Waals surface area contributed by atoms with Crippen molar-refractivity contribution in [3.63, 3.8) is 0 Å². The number of hydrogen-bond acceptors (Lipinski definition) is 5. The molecule has 0 bridgehead atoms. The molecule has 5 nitrogen and oxygen atoms in total. The largest absolute Gasteiger partial charge is 0.480 e. The van der Waals surface area contributed by atoms with Crippen molar-refractivity contribution in [1.29, 1.82) is 0 Å². The second-order valence-electron chi connectivity index (χ2n) is 4.18. The molecule has 7 heteroatoms. The van der Waals surface area contributed by atoms with Gasteiger partial charge in [-0.1, -0.05) is 0 Å². The molecule has 2 aromatic rings.